The van der Waals surface area contributed by atoms with Crippen molar-refractivity contribution in [1.29, 1.82) is 0 Å². The van der Waals surface area contributed by atoms with Gasteiger partial charge in [-0.05, 0) is 41.5 Å². The Balaban J connectivity index is 2.37. The maximum absolute atomic E-state index is 10.1. The molecule has 0 amide bonds. The van der Waals surface area contributed by atoms with Crippen molar-refractivity contribution in [2.75, 3.05) is 0 Å². The van der Waals surface area contributed by atoms with Crippen LogP contribution in [-0.2, 0) is 14.9 Å². The van der Waals surface area contributed by atoms with Gasteiger partial charge in [0.1, 0.15) is 5.15 Å². The molecule has 0 aromatic carbocycles. The fourth-order valence-corrected chi connectivity index (χ4v) is 2.34. The van der Waals surface area contributed by atoms with E-state index in [1.807, 2.05) is 27.7 Å². The molecule has 1 aliphatic heterocycles. The van der Waals surface area contributed by atoms with E-state index in [4.69, 9.17) is 20.9 Å². The summed E-state index contributed by atoms with van der Waals surface area (Å²) in [6.07, 6.45) is 1.62. The first-order valence-electron chi connectivity index (χ1n) is 6.68. The average molecular weight is 298 g/mol. The third kappa shape index (κ3) is 2.73. The predicted molar refractivity (Wildman–Crippen MR) is 80.2 cm³/mol. The number of hydrogen-bond donors (Lipinski definition) is 1. The van der Waals surface area contributed by atoms with E-state index in [1.165, 1.54) is 0 Å². The van der Waals surface area contributed by atoms with Crippen molar-refractivity contribution in [3.05, 3.63) is 23.0 Å². The van der Waals surface area contributed by atoms with Gasteiger partial charge in [0.25, 0.3) is 0 Å². The Labute approximate surface area is 125 Å². The summed E-state index contributed by atoms with van der Waals surface area (Å²) < 4.78 is 11.9. The summed E-state index contributed by atoms with van der Waals surface area (Å²) in [7, 11) is -0.508. The minimum atomic E-state index is -1.07. The van der Waals surface area contributed by atoms with E-state index < -0.39 is 23.9 Å². The van der Waals surface area contributed by atoms with Crippen LogP contribution < -0.4 is 5.46 Å². The van der Waals surface area contributed by atoms with Gasteiger partial charge in [-0.15, -0.1) is 0 Å². The number of nitrogens with zero attached hydrogens (tertiary/aromatic N) is 1. The van der Waals surface area contributed by atoms with Crippen LogP contribution in [0.4, 0.5) is 0 Å². The summed E-state index contributed by atoms with van der Waals surface area (Å²) in [5, 5.41) is 10.4. The fourth-order valence-electron chi connectivity index (χ4n) is 2.00. The lowest BCUT2D eigenvalue weighted by molar-refractivity contribution is 0.00578. The number of halogens is 1. The van der Waals surface area contributed by atoms with Gasteiger partial charge in [-0.1, -0.05) is 17.7 Å². The Bertz CT molecular complexity index is 510. The number of hydrogen-bond acceptors (Lipinski definition) is 4. The Morgan fingerprint density at radius 3 is 2.15 bits per heavy atom. The van der Waals surface area contributed by atoms with Crippen LogP contribution in [0.15, 0.2) is 12.3 Å². The molecule has 2 heterocycles. The predicted octanol–water partition coefficient (Wildman–Crippen LogP) is 2.26. The summed E-state index contributed by atoms with van der Waals surface area (Å²) in [5.41, 5.74) is -0.571. The van der Waals surface area contributed by atoms with Gasteiger partial charge in [-0.3, -0.25) is 0 Å². The molecule has 1 aromatic rings. The third-order valence-electron chi connectivity index (χ3n) is 4.04. The minimum absolute atomic E-state index is 0.290. The highest BCUT2D eigenvalue weighted by molar-refractivity contribution is 6.62. The molecule has 6 heteroatoms. The van der Waals surface area contributed by atoms with Crippen molar-refractivity contribution in [3.63, 3.8) is 0 Å². The van der Waals surface area contributed by atoms with E-state index in [0.29, 0.717) is 5.56 Å². The highest BCUT2D eigenvalue weighted by atomic mass is 35.5. The summed E-state index contributed by atoms with van der Waals surface area (Å²) in [6.45, 7) is 11.3. The standard InChI is InChI=1S/C14H21BClNO3/c1-12(2,18)10-7-9(8-17-11(10)16)15-19-13(3,4)14(5,6)20-15/h7-8,18H,1-6H3. The van der Waals surface area contributed by atoms with Gasteiger partial charge in [0.05, 0.1) is 16.8 Å². The Kier molecular flexibility index (Phi) is 3.71. The molecule has 0 radical (unpaired) electrons. The second-order valence-corrected chi connectivity index (χ2v) is 7.11. The van der Waals surface area contributed by atoms with Gasteiger partial charge in [0.2, 0.25) is 0 Å². The summed E-state index contributed by atoms with van der Waals surface area (Å²) >= 11 is 6.05. The zero-order valence-electron chi connectivity index (χ0n) is 12.8. The van der Waals surface area contributed by atoms with Crippen LogP contribution in [0.25, 0.3) is 0 Å². The highest BCUT2D eigenvalue weighted by Gasteiger charge is 2.52. The molecular weight excluding hydrogens is 276 g/mol. The van der Waals surface area contributed by atoms with Gasteiger partial charge in [-0.2, -0.15) is 0 Å². The smallest absolute Gasteiger partial charge is 0.399 e. The van der Waals surface area contributed by atoms with Crippen LogP contribution in [0.1, 0.15) is 47.1 Å². The Hall–Kier alpha value is -0.615. The first-order chi connectivity index (χ1) is 8.94. The van der Waals surface area contributed by atoms with Gasteiger partial charge < -0.3 is 14.4 Å². The number of aliphatic hydroxyl groups is 1. The molecule has 0 saturated carbocycles. The lowest BCUT2D eigenvalue weighted by Gasteiger charge is -2.32. The van der Waals surface area contributed by atoms with Crippen molar-refractivity contribution in [3.8, 4) is 0 Å². The highest BCUT2D eigenvalue weighted by Crippen LogP contribution is 2.36. The second kappa shape index (κ2) is 4.70. The van der Waals surface area contributed by atoms with E-state index in [-0.39, 0.29) is 5.15 Å². The van der Waals surface area contributed by atoms with Crippen LogP contribution in [0.3, 0.4) is 0 Å². The zero-order chi connectivity index (χ0) is 15.3. The first-order valence-corrected chi connectivity index (χ1v) is 7.06. The number of pyridine rings is 1. The molecule has 0 atom stereocenters. The van der Waals surface area contributed by atoms with Gasteiger partial charge in [0, 0.05) is 17.2 Å². The molecule has 2 rings (SSSR count). The van der Waals surface area contributed by atoms with Crippen molar-refractivity contribution in [1.82, 2.24) is 4.98 Å². The van der Waals surface area contributed by atoms with Gasteiger partial charge in [-0.25, -0.2) is 4.98 Å². The Morgan fingerprint density at radius 1 is 1.20 bits per heavy atom. The minimum Gasteiger partial charge on any atom is -0.399 e. The molecular formula is C14H21BClNO3. The zero-order valence-corrected chi connectivity index (χ0v) is 13.6. The van der Waals surface area contributed by atoms with Crippen LogP contribution in [-0.4, -0.2) is 28.4 Å². The fraction of sp³-hybridized carbons (Fsp3) is 0.643. The molecule has 1 aliphatic rings. The monoisotopic (exact) mass is 297 g/mol. The Morgan fingerprint density at radius 2 is 1.70 bits per heavy atom. The van der Waals surface area contributed by atoms with Crippen molar-refractivity contribution in [2.45, 2.75) is 58.3 Å². The molecule has 20 heavy (non-hydrogen) atoms. The van der Waals surface area contributed by atoms with Crippen molar-refractivity contribution in [2.24, 2.45) is 0 Å². The van der Waals surface area contributed by atoms with Gasteiger partial charge in [0.15, 0.2) is 0 Å². The van der Waals surface area contributed by atoms with Crippen molar-refractivity contribution < 1.29 is 14.4 Å². The first kappa shape index (κ1) is 15.8. The molecule has 0 spiro atoms. The molecule has 1 saturated heterocycles. The molecule has 0 aliphatic carbocycles. The molecule has 110 valence electrons. The van der Waals surface area contributed by atoms with Crippen LogP contribution in [0.5, 0.6) is 0 Å². The molecule has 1 aromatic heterocycles. The second-order valence-electron chi connectivity index (χ2n) is 6.75. The SMILES string of the molecule is CC(C)(O)c1cc(B2OC(C)(C)C(C)(C)O2)cnc1Cl. The maximum Gasteiger partial charge on any atom is 0.496 e. The molecule has 1 fully saturated rings. The van der Waals surface area contributed by atoms with Crippen LogP contribution >= 0.6 is 11.6 Å². The van der Waals surface area contributed by atoms with Crippen LogP contribution in [0.2, 0.25) is 5.15 Å². The molecule has 4 nitrogen and oxygen atoms in total. The van der Waals surface area contributed by atoms with E-state index in [0.717, 1.165) is 5.46 Å². The topological polar surface area (TPSA) is 51.6 Å². The van der Waals surface area contributed by atoms with E-state index >= 15 is 0 Å². The maximum atomic E-state index is 10.1. The summed E-state index contributed by atoms with van der Waals surface area (Å²) in [5.74, 6) is 0. The lowest BCUT2D eigenvalue weighted by atomic mass is 9.78. The molecule has 0 unspecified atom stereocenters. The van der Waals surface area contributed by atoms with E-state index in [9.17, 15) is 5.11 Å². The van der Waals surface area contributed by atoms with E-state index in [1.54, 1.807) is 26.1 Å². The molecule has 1 N–H and O–H groups in total. The number of rotatable bonds is 2. The van der Waals surface area contributed by atoms with Crippen LogP contribution in [0, 0.1) is 0 Å². The normalized spacial score (nSPS) is 21.3. The summed E-state index contributed by atoms with van der Waals surface area (Å²) in [4.78, 5) is 4.13. The average Bonchev–Trinajstić information content (AvgIpc) is 2.47. The lowest BCUT2D eigenvalue weighted by Crippen LogP contribution is -2.41. The molecule has 0 bridgehead atoms. The third-order valence-corrected chi connectivity index (χ3v) is 4.35. The van der Waals surface area contributed by atoms with Gasteiger partial charge >= 0.3 is 7.12 Å². The quantitative estimate of drug-likeness (QED) is 0.672. The van der Waals surface area contributed by atoms with Crippen molar-refractivity contribution >= 4 is 24.2 Å². The van der Waals surface area contributed by atoms with E-state index in [2.05, 4.69) is 4.98 Å². The largest absolute Gasteiger partial charge is 0.496 e. The summed E-state index contributed by atoms with van der Waals surface area (Å²) in [6, 6.07) is 1.79. The number of aromatic nitrogens is 1.